The highest BCUT2D eigenvalue weighted by molar-refractivity contribution is 5.94. The third kappa shape index (κ3) is 6.21. The first-order chi connectivity index (χ1) is 12.0. The number of amides is 1. The van der Waals surface area contributed by atoms with Gasteiger partial charge in [-0.3, -0.25) is 9.59 Å². The number of esters is 1. The van der Waals surface area contributed by atoms with Gasteiger partial charge in [-0.25, -0.2) is 4.79 Å². The molecule has 2 atom stereocenters. The van der Waals surface area contributed by atoms with E-state index in [4.69, 9.17) is 9.47 Å². The van der Waals surface area contributed by atoms with Crippen LogP contribution >= 0.6 is 0 Å². The van der Waals surface area contributed by atoms with Crippen LogP contribution in [0, 0.1) is 5.92 Å². The summed E-state index contributed by atoms with van der Waals surface area (Å²) >= 11 is 0. The Morgan fingerprint density at radius 2 is 1.92 bits per heavy atom. The summed E-state index contributed by atoms with van der Waals surface area (Å²) in [6.45, 7) is 2.96. The van der Waals surface area contributed by atoms with Crippen molar-refractivity contribution in [2.45, 2.75) is 45.6 Å². The van der Waals surface area contributed by atoms with Gasteiger partial charge in [-0.2, -0.15) is 0 Å². The predicted octanol–water partition coefficient (Wildman–Crippen LogP) is 2.51. The van der Waals surface area contributed by atoms with E-state index in [2.05, 4.69) is 12.2 Å². The Morgan fingerprint density at radius 3 is 2.64 bits per heavy atom. The van der Waals surface area contributed by atoms with Crippen LogP contribution in [0.2, 0.25) is 0 Å². The molecule has 0 aliphatic heterocycles. The minimum Gasteiger partial charge on any atom is -0.482 e. The van der Waals surface area contributed by atoms with E-state index in [9.17, 15) is 14.4 Å². The molecule has 25 heavy (non-hydrogen) atoms. The summed E-state index contributed by atoms with van der Waals surface area (Å²) in [5, 5.41) is 2.92. The third-order valence-corrected chi connectivity index (χ3v) is 4.42. The number of rotatable bonds is 7. The zero-order chi connectivity index (χ0) is 18.2. The smallest absolute Gasteiger partial charge is 0.344 e. The Balaban J connectivity index is 1.70. The molecular formula is C19H25NO5. The minimum atomic E-state index is -0.625. The minimum absolute atomic E-state index is 0.0818. The van der Waals surface area contributed by atoms with E-state index in [0.717, 1.165) is 19.3 Å². The van der Waals surface area contributed by atoms with Gasteiger partial charge in [-0.1, -0.05) is 31.9 Å². The molecule has 0 radical (unpaired) electrons. The normalized spacial score (nSPS) is 19.8. The summed E-state index contributed by atoms with van der Waals surface area (Å²) in [6, 6.07) is 6.72. The van der Waals surface area contributed by atoms with Crippen LogP contribution in [0.15, 0.2) is 24.3 Å². The maximum absolute atomic E-state index is 11.9. The largest absolute Gasteiger partial charge is 0.482 e. The van der Waals surface area contributed by atoms with Crippen LogP contribution in [0.5, 0.6) is 5.75 Å². The van der Waals surface area contributed by atoms with Crippen LogP contribution in [0.3, 0.4) is 0 Å². The number of Topliss-reactive ketones (excluding diaryl/α,β-unsaturated/α-hetero) is 1. The molecule has 1 N–H and O–H groups in total. The quantitative estimate of drug-likeness (QED) is 0.605. The molecule has 1 fully saturated rings. The van der Waals surface area contributed by atoms with E-state index in [0.29, 0.717) is 17.2 Å². The number of hydrogen-bond acceptors (Lipinski definition) is 5. The number of nitrogens with one attached hydrogen (secondary N) is 1. The Morgan fingerprint density at radius 1 is 1.16 bits per heavy atom. The molecule has 1 saturated carbocycles. The molecule has 0 saturated heterocycles. The Hall–Kier alpha value is -2.37. The van der Waals surface area contributed by atoms with E-state index in [1.54, 1.807) is 24.3 Å². The summed E-state index contributed by atoms with van der Waals surface area (Å²) in [6.07, 6.45) is 4.39. The number of carbonyl (C=O) groups is 3. The van der Waals surface area contributed by atoms with Crippen LogP contribution in [0.25, 0.3) is 0 Å². The fourth-order valence-corrected chi connectivity index (χ4v) is 2.91. The zero-order valence-electron chi connectivity index (χ0n) is 14.7. The standard InChI is InChI=1S/C19H25NO5/c1-13-6-3-4-9-17(13)20-18(22)11-25-19(23)12-24-16-8-5-7-15(10-16)14(2)21/h5,7-8,10,13,17H,3-4,6,9,11-12H2,1-2H3,(H,20,22). The number of carbonyl (C=O) groups excluding carboxylic acids is 3. The van der Waals surface area contributed by atoms with Crippen molar-refractivity contribution in [1.82, 2.24) is 5.32 Å². The first-order valence-corrected chi connectivity index (χ1v) is 8.64. The molecule has 6 nitrogen and oxygen atoms in total. The maximum atomic E-state index is 11.9. The molecule has 2 unspecified atom stereocenters. The molecule has 1 aliphatic carbocycles. The Bertz CT molecular complexity index is 628. The van der Waals surface area contributed by atoms with E-state index in [-0.39, 0.29) is 30.9 Å². The van der Waals surface area contributed by atoms with Gasteiger partial charge in [-0.05, 0) is 37.8 Å². The number of benzene rings is 1. The van der Waals surface area contributed by atoms with Crippen molar-refractivity contribution < 1.29 is 23.9 Å². The van der Waals surface area contributed by atoms with Crippen molar-refractivity contribution >= 4 is 17.7 Å². The number of hydrogen-bond donors (Lipinski definition) is 1. The molecule has 0 spiro atoms. The summed E-state index contributed by atoms with van der Waals surface area (Å²) in [5.74, 6) is -0.136. The number of ketones is 1. The average Bonchev–Trinajstić information content (AvgIpc) is 2.60. The Labute approximate surface area is 147 Å². The second kappa shape index (κ2) is 9.20. The van der Waals surface area contributed by atoms with Crippen molar-refractivity contribution in [1.29, 1.82) is 0 Å². The van der Waals surface area contributed by atoms with Gasteiger partial charge in [0.05, 0.1) is 0 Å². The van der Waals surface area contributed by atoms with Gasteiger partial charge in [0.2, 0.25) is 0 Å². The van der Waals surface area contributed by atoms with Gasteiger partial charge in [0.1, 0.15) is 5.75 Å². The summed E-state index contributed by atoms with van der Waals surface area (Å²) in [4.78, 5) is 34.9. The molecule has 1 aliphatic rings. The van der Waals surface area contributed by atoms with Crippen molar-refractivity contribution in [3.05, 3.63) is 29.8 Å². The molecule has 6 heteroatoms. The lowest BCUT2D eigenvalue weighted by Gasteiger charge is -2.29. The second-order valence-corrected chi connectivity index (χ2v) is 6.47. The third-order valence-electron chi connectivity index (χ3n) is 4.42. The molecule has 1 aromatic carbocycles. The SMILES string of the molecule is CC(=O)c1cccc(OCC(=O)OCC(=O)NC2CCCCC2C)c1. The first kappa shape index (κ1) is 19.0. The van der Waals surface area contributed by atoms with Crippen molar-refractivity contribution in [3.8, 4) is 5.75 Å². The van der Waals surface area contributed by atoms with E-state index < -0.39 is 5.97 Å². The monoisotopic (exact) mass is 347 g/mol. The molecular weight excluding hydrogens is 322 g/mol. The van der Waals surface area contributed by atoms with Crippen LogP contribution in [0.1, 0.15) is 49.9 Å². The van der Waals surface area contributed by atoms with Gasteiger partial charge in [-0.15, -0.1) is 0 Å². The van der Waals surface area contributed by atoms with E-state index in [1.165, 1.54) is 13.3 Å². The number of ether oxygens (including phenoxy) is 2. The zero-order valence-corrected chi connectivity index (χ0v) is 14.7. The van der Waals surface area contributed by atoms with Crippen molar-refractivity contribution in [2.75, 3.05) is 13.2 Å². The topological polar surface area (TPSA) is 81.7 Å². The van der Waals surface area contributed by atoms with Gasteiger partial charge >= 0.3 is 5.97 Å². The fourth-order valence-electron chi connectivity index (χ4n) is 2.91. The van der Waals surface area contributed by atoms with Gasteiger partial charge in [0.15, 0.2) is 19.0 Å². The highest BCUT2D eigenvalue weighted by Gasteiger charge is 2.23. The highest BCUT2D eigenvalue weighted by Crippen LogP contribution is 2.23. The maximum Gasteiger partial charge on any atom is 0.344 e. The lowest BCUT2D eigenvalue weighted by Crippen LogP contribution is -2.43. The highest BCUT2D eigenvalue weighted by atomic mass is 16.6. The molecule has 0 aromatic heterocycles. The van der Waals surface area contributed by atoms with Gasteiger partial charge < -0.3 is 14.8 Å². The predicted molar refractivity (Wildman–Crippen MR) is 92.5 cm³/mol. The summed E-state index contributed by atoms with van der Waals surface area (Å²) in [5.41, 5.74) is 0.506. The first-order valence-electron chi connectivity index (χ1n) is 8.64. The second-order valence-electron chi connectivity index (χ2n) is 6.47. The van der Waals surface area contributed by atoms with Crippen LogP contribution < -0.4 is 10.1 Å². The molecule has 1 aromatic rings. The molecule has 136 valence electrons. The lowest BCUT2D eigenvalue weighted by molar-refractivity contribution is -0.150. The van der Waals surface area contributed by atoms with Crippen molar-refractivity contribution in [2.24, 2.45) is 5.92 Å². The summed E-state index contributed by atoms with van der Waals surface area (Å²) < 4.78 is 10.2. The van der Waals surface area contributed by atoms with Gasteiger partial charge in [0.25, 0.3) is 5.91 Å². The van der Waals surface area contributed by atoms with Gasteiger partial charge in [0, 0.05) is 11.6 Å². The molecule has 1 amide bonds. The fraction of sp³-hybridized carbons (Fsp3) is 0.526. The van der Waals surface area contributed by atoms with Crippen LogP contribution in [-0.4, -0.2) is 36.9 Å². The van der Waals surface area contributed by atoms with Crippen LogP contribution in [-0.2, 0) is 14.3 Å². The van der Waals surface area contributed by atoms with E-state index >= 15 is 0 Å². The molecule has 2 rings (SSSR count). The van der Waals surface area contributed by atoms with Crippen LogP contribution in [0.4, 0.5) is 0 Å². The van der Waals surface area contributed by atoms with E-state index in [1.807, 2.05) is 0 Å². The van der Waals surface area contributed by atoms with Crippen molar-refractivity contribution in [3.63, 3.8) is 0 Å². The average molecular weight is 347 g/mol. The Kier molecular flexibility index (Phi) is 6.98. The molecule has 0 bridgehead atoms. The molecule has 0 heterocycles. The summed E-state index contributed by atoms with van der Waals surface area (Å²) in [7, 11) is 0. The lowest BCUT2D eigenvalue weighted by atomic mass is 9.86.